The molecule has 1 aliphatic heterocycles. The first-order valence-corrected chi connectivity index (χ1v) is 20.4. The Morgan fingerprint density at radius 2 is 1.53 bits per heavy atom. The minimum Gasteiger partial charge on any atom is -0.463 e. The number of hydroxylamine groups is 2. The first-order valence-electron chi connectivity index (χ1n) is 19.5. The van der Waals surface area contributed by atoms with Gasteiger partial charge in [0.1, 0.15) is 27.2 Å². The minimum absolute atomic E-state index is 0.0274. The van der Waals surface area contributed by atoms with Gasteiger partial charge in [-0.05, 0) is 71.3 Å². The SMILES string of the molecule is CCOC(=O)/C=C/CN(C)CCOCCOCCOCCOCCON(C)C(=O)N1N=C(c2cc(F)ccc2F)SC1(CCCNC(=O)OC(C)(C)C)c1ccccc1. The third-order valence-electron chi connectivity index (χ3n) is 8.20. The number of carbonyl (C=O) groups is 3. The molecule has 0 fully saturated rings. The van der Waals surface area contributed by atoms with Gasteiger partial charge >= 0.3 is 18.1 Å². The molecule has 3 amide bonds. The van der Waals surface area contributed by atoms with E-state index in [9.17, 15) is 18.8 Å². The average Bonchev–Trinajstić information content (AvgIpc) is 3.58. The average molecular weight is 852 g/mol. The Balaban J connectivity index is 1.43. The van der Waals surface area contributed by atoms with Crippen LogP contribution in [-0.4, -0.2) is 144 Å². The standard InChI is InChI=1S/C41H59F2N5O10S/c1-7-56-36(49)15-11-20-46(5)21-22-52-23-24-53-25-26-54-27-28-55-29-30-57-47(6)39(51)48-41(32-13-9-8-10-14-32,18-12-19-44-38(50)58-40(2,3)4)59-37(45-48)34-31-33(42)16-17-35(34)43/h8-11,13-17,31H,7,12,18-30H2,1-6H3,(H,44,50)/b15-11+. The zero-order valence-corrected chi connectivity index (χ0v) is 35.7. The number of nitrogens with one attached hydrogen (secondary N) is 1. The molecule has 0 saturated carbocycles. The van der Waals surface area contributed by atoms with Crippen molar-refractivity contribution in [1.82, 2.24) is 20.3 Å². The molecule has 328 valence electrons. The van der Waals surface area contributed by atoms with E-state index in [4.69, 9.17) is 33.3 Å². The van der Waals surface area contributed by atoms with Gasteiger partial charge < -0.3 is 38.6 Å². The van der Waals surface area contributed by atoms with Gasteiger partial charge in [-0.1, -0.05) is 48.2 Å². The van der Waals surface area contributed by atoms with Gasteiger partial charge in [-0.3, -0.25) is 4.84 Å². The van der Waals surface area contributed by atoms with Crippen molar-refractivity contribution in [2.24, 2.45) is 5.10 Å². The number of hydrogen-bond acceptors (Lipinski definition) is 13. The first-order chi connectivity index (χ1) is 28.3. The highest BCUT2D eigenvalue weighted by Gasteiger charge is 2.50. The molecule has 15 nitrogen and oxygen atoms in total. The van der Waals surface area contributed by atoms with E-state index in [0.29, 0.717) is 71.3 Å². The predicted molar refractivity (Wildman–Crippen MR) is 220 cm³/mol. The van der Waals surface area contributed by atoms with Gasteiger partial charge in [0.15, 0.2) is 0 Å². The maximum atomic E-state index is 15.1. The summed E-state index contributed by atoms with van der Waals surface area (Å²) in [5.74, 6) is -1.70. The van der Waals surface area contributed by atoms with Gasteiger partial charge in [0, 0.05) is 38.3 Å². The molecular weight excluding hydrogens is 793 g/mol. The first kappa shape index (κ1) is 49.2. The Morgan fingerprint density at radius 3 is 2.15 bits per heavy atom. The summed E-state index contributed by atoms with van der Waals surface area (Å²) in [6, 6.07) is 11.5. The molecule has 0 spiro atoms. The summed E-state index contributed by atoms with van der Waals surface area (Å²) >= 11 is 1.12. The molecule has 1 aliphatic rings. The van der Waals surface area contributed by atoms with Crippen LogP contribution in [-0.2, 0) is 42.9 Å². The number of likely N-dealkylation sites (N-methyl/N-ethyl adjacent to an activating group) is 1. The van der Waals surface area contributed by atoms with Crippen LogP contribution in [0.1, 0.15) is 51.7 Å². The third kappa shape index (κ3) is 17.9. The molecule has 0 saturated heterocycles. The largest absolute Gasteiger partial charge is 0.463 e. The number of rotatable bonds is 26. The monoisotopic (exact) mass is 851 g/mol. The Labute approximate surface area is 350 Å². The smallest absolute Gasteiger partial charge is 0.407 e. The number of benzene rings is 2. The normalized spacial score (nSPS) is 15.5. The summed E-state index contributed by atoms with van der Waals surface area (Å²) in [6.45, 7) is 11.9. The molecule has 1 heterocycles. The molecule has 0 aromatic heterocycles. The number of carbonyl (C=O) groups excluding carboxylic acids is 3. The van der Waals surface area contributed by atoms with Gasteiger partial charge in [-0.2, -0.15) is 10.1 Å². The summed E-state index contributed by atoms with van der Waals surface area (Å²) in [5, 5.41) is 9.65. The zero-order valence-electron chi connectivity index (χ0n) is 34.9. The topological polar surface area (TPSA) is 150 Å². The number of hydrazone groups is 1. The van der Waals surface area contributed by atoms with E-state index >= 15 is 4.39 Å². The third-order valence-corrected chi connectivity index (χ3v) is 9.64. The fourth-order valence-electron chi connectivity index (χ4n) is 5.39. The maximum absolute atomic E-state index is 15.1. The molecule has 1 unspecified atom stereocenters. The van der Waals surface area contributed by atoms with E-state index in [1.165, 1.54) is 18.1 Å². The summed E-state index contributed by atoms with van der Waals surface area (Å²) in [6.07, 6.45) is 3.23. The van der Waals surface area contributed by atoms with Crippen molar-refractivity contribution < 1.29 is 56.4 Å². The molecule has 2 aromatic carbocycles. The zero-order chi connectivity index (χ0) is 43.1. The van der Waals surface area contributed by atoms with E-state index < -0.39 is 34.2 Å². The van der Waals surface area contributed by atoms with Gasteiger partial charge in [-0.15, -0.1) is 0 Å². The number of alkyl carbamates (subject to hydrolysis) is 1. The summed E-state index contributed by atoms with van der Waals surface area (Å²) in [5.41, 5.74) is -0.0894. The number of amides is 3. The van der Waals surface area contributed by atoms with Gasteiger partial charge in [0.05, 0.1) is 66.1 Å². The van der Waals surface area contributed by atoms with Crippen LogP contribution in [0.5, 0.6) is 0 Å². The quantitative estimate of drug-likeness (QED) is 0.0517. The van der Waals surface area contributed by atoms with E-state index in [2.05, 4.69) is 10.4 Å². The van der Waals surface area contributed by atoms with Crippen molar-refractivity contribution in [3.63, 3.8) is 0 Å². The molecular formula is C41H59F2N5O10S. The van der Waals surface area contributed by atoms with E-state index in [-0.39, 0.29) is 49.4 Å². The number of esters is 1. The molecule has 18 heteroatoms. The maximum Gasteiger partial charge on any atom is 0.407 e. The molecule has 0 aliphatic carbocycles. The van der Waals surface area contributed by atoms with E-state index in [1.807, 2.05) is 42.3 Å². The molecule has 0 bridgehead atoms. The van der Waals surface area contributed by atoms with Crippen LogP contribution in [0.2, 0.25) is 0 Å². The molecule has 3 rings (SSSR count). The van der Waals surface area contributed by atoms with Gasteiger partial charge in [0.25, 0.3) is 0 Å². The molecule has 0 radical (unpaired) electrons. The predicted octanol–water partition coefficient (Wildman–Crippen LogP) is 5.93. The lowest BCUT2D eigenvalue weighted by molar-refractivity contribution is -0.137. The van der Waals surface area contributed by atoms with Crippen molar-refractivity contribution in [3.05, 3.63) is 83.4 Å². The number of nitrogens with zero attached hydrogens (tertiary/aromatic N) is 4. The Bertz CT molecular complexity index is 1650. The number of hydrogen-bond donors (Lipinski definition) is 1. The summed E-state index contributed by atoms with van der Waals surface area (Å²) in [7, 11) is 3.37. The lowest BCUT2D eigenvalue weighted by Crippen LogP contribution is -2.47. The van der Waals surface area contributed by atoms with E-state index in [1.54, 1.807) is 33.8 Å². The van der Waals surface area contributed by atoms with Crippen LogP contribution < -0.4 is 5.32 Å². The van der Waals surface area contributed by atoms with Crippen molar-refractivity contribution >= 4 is 34.9 Å². The number of halogens is 2. The second-order valence-corrected chi connectivity index (χ2v) is 15.4. The van der Waals surface area contributed by atoms with Crippen LogP contribution in [0.3, 0.4) is 0 Å². The van der Waals surface area contributed by atoms with Gasteiger partial charge in [0.2, 0.25) is 0 Å². The molecule has 59 heavy (non-hydrogen) atoms. The highest BCUT2D eigenvalue weighted by atomic mass is 32.2. The second-order valence-electron chi connectivity index (χ2n) is 14.1. The summed E-state index contributed by atoms with van der Waals surface area (Å²) < 4.78 is 61.9. The van der Waals surface area contributed by atoms with Crippen LogP contribution >= 0.6 is 11.8 Å². The fraction of sp³-hybridized carbons (Fsp3) is 0.561. The lowest BCUT2D eigenvalue weighted by Gasteiger charge is -2.37. The van der Waals surface area contributed by atoms with Crippen molar-refractivity contribution in [1.29, 1.82) is 0 Å². The highest BCUT2D eigenvalue weighted by molar-refractivity contribution is 8.15. The van der Waals surface area contributed by atoms with Crippen LogP contribution in [0.25, 0.3) is 0 Å². The summed E-state index contributed by atoms with van der Waals surface area (Å²) in [4.78, 5) is 44.3. The van der Waals surface area contributed by atoms with Crippen molar-refractivity contribution in [3.8, 4) is 0 Å². The number of urea groups is 1. The van der Waals surface area contributed by atoms with Crippen LogP contribution in [0.15, 0.2) is 65.8 Å². The Kier molecular flexibility index (Phi) is 21.8. The fourth-order valence-corrected chi connectivity index (χ4v) is 6.81. The van der Waals surface area contributed by atoms with Crippen molar-refractivity contribution in [2.45, 2.75) is 51.0 Å². The second kappa shape index (κ2) is 26.1. The minimum atomic E-state index is -1.21. The molecule has 2 aromatic rings. The Hall–Kier alpha value is -4.17. The van der Waals surface area contributed by atoms with Crippen molar-refractivity contribution in [2.75, 3.05) is 99.8 Å². The number of thioether (sulfide) groups is 1. The lowest BCUT2D eigenvalue weighted by atomic mass is 10.0. The number of ether oxygens (including phenoxy) is 6. The van der Waals surface area contributed by atoms with Gasteiger partial charge in [-0.25, -0.2) is 28.2 Å². The molecule has 1 N–H and O–H groups in total. The van der Waals surface area contributed by atoms with E-state index in [0.717, 1.165) is 35.0 Å². The Morgan fingerprint density at radius 1 is 0.898 bits per heavy atom. The van der Waals surface area contributed by atoms with Crippen LogP contribution in [0, 0.1) is 11.6 Å². The highest BCUT2D eigenvalue weighted by Crippen LogP contribution is 2.51. The molecule has 1 atom stereocenters. The van der Waals surface area contributed by atoms with Crippen LogP contribution in [0.4, 0.5) is 18.4 Å².